The summed E-state index contributed by atoms with van der Waals surface area (Å²) in [5.74, 6) is -0.587. The smallest absolute Gasteiger partial charge is 0.408 e. The van der Waals surface area contributed by atoms with Gasteiger partial charge in [0, 0.05) is 24.1 Å². The number of sulfonamides is 1. The number of fused-ring (bicyclic) bond motifs is 2. The van der Waals surface area contributed by atoms with Gasteiger partial charge in [0.25, 0.3) is 10.0 Å². The van der Waals surface area contributed by atoms with Crippen molar-refractivity contribution in [3.8, 4) is 0 Å². The molecule has 0 amide bonds. The third-order valence-corrected chi connectivity index (χ3v) is 8.07. The Hall–Kier alpha value is -2.73. The maximum absolute atomic E-state index is 12.8. The Morgan fingerprint density at radius 2 is 2.19 bits per heavy atom. The summed E-state index contributed by atoms with van der Waals surface area (Å²) in [4.78, 5) is 16.4. The van der Waals surface area contributed by atoms with E-state index in [4.69, 9.17) is 16.0 Å². The highest BCUT2D eigenvalue weighted by molar-refractivity contribution is 7.93. The zero-order valence-electron chi connectivity index (χ0n) is 16.8. The van der Waals surface area contributed by atoms with E-state index < -0.39 is 15.8 Å². The second-order valence-corrected chi connectivity index (χ2v) is 10.3. The molecule has 0 spiro atoms. The molecule has 2 aromatic heterocycles. The molecule has 4 aromatic rings. The van der Waals surface area contributed by atoms with Crippen molar-refractivity contribution in [1.29, 1.82) is 0 Å². The maximum atomic E-state index is 12.8. The molecule has 12 heteroatoms. The summed E-state index contributed by atoms with van der Waals surface area (Å²) in [6.45, 7) is 3.55. The summed E-state index contributed by atoms with van der Waals surface area (Å²) in [5, 5.41) is 3.44. The van der Waals surface area contributed by atoms with Gasteiger partial charge in [-0.1, -0.05) is 29.8 Å². The Morgan fingerprint density at radius 1 is 1.34 bits per heavy atom. The average Bonchev–Trinajstić information content (AvgIpc) is 3.38. The highest BCUT2D eigenvalue weighted by atomic mass is 35.5. The van der Waals surface area contributed by atoms with Crippen molar-refractivity contribution in [3.63, 3.8) is 0 Å². The molecular formula is C20H18ClN5O4S2. The third-order valence-electron chi connectivity index (χ3n) is 5.56. The molecule has 32 heavy (non-hydrogen) atoms. The maximum Gasteiger partial charge on any atom is 0.420 e. The van der Waals surface area contributed by atoms with E-state index in [0.29, 0.717) is 5.52 Å². The lowest BCUT2D eigenvalue weighted by molar-refractivity contribution is 0.486. The second-order valence-electron chi connectivity index (χ2n) is 7.43. The highest BCUT2D eigenvalue weighted by Gasteiger charge is 2.26. The second kappa shape index (κ2) is 8.00. The van der Waals surface area contributed by atoms with Gasteiger partial charge in [-0.05, 0) is 42.6 Å². The first-order valence-electron chi connectivity index (χ1n) is 9.80. The Morgan fingerprint density at radius 3 is 2.97 bits per heavy atom. The predicted molar refractivity (Wildman–Crippen MR) is 122 cm³/mol. The Kier molecular flexibility index (Phi) is 5.28. The fraction of sp³-hybridized carbons (Fsp3) is 0.250. The number of nitrogens with zero attached hydrogens (tertiary/aromatic N) is 3. The topological polar surface area (TPSA) is 119 Å². The predicted octanol–water partition coefficient (Wildman–Crippen LogP) is 3.16. The summed E-state index contributed by atoms with van der Waals surface area (Å²) in [7, 11) is -4.05. The summed E-state index contributed by atoms with van der Waals surface area (Å²) in [6.07, 6.45) is 2.16. The molecule has 1 unspecified atom stereocenters. The van der Waals surface area contributed by atoms with Crippen LogP contribution >= 0.6 is 23.1 Å². The summed E-state index contributed by atoms with van der Waals surface area (Å²) in [5.41, 5.74) is 3.97. The molecule has 5 rings (SSSR count). The van der Waals surface area contributed by atoms with Crippen LogP contribution in [0.5, 0.6) is 0 Å². The number of oxazole rings is 1. The first-order valence-corrected chi connectivity index (χ1v) is 12.4. The lowest BCUT2D eigenvalue weighted by Crippen LogP contribution is -2.27. The molecule has 0 bridgehead atoms. The van der Waals surface area contributed by atoms with Gasteiger partial charge >= 0.3 is 5.76 Å². The van der Waals surface area contributed by atoms with E-state index in [0.717, 1.165) is 36.6 Å². The van der Waals surface area contributed by atoms with Crippen molar-refractivity contribution in [1.82, 2.24) is 19.2 Å². The standard InChI is InChI=1S/C20H18ClN5O4S2/c1-11(13-4-2-3-12-5-6-22-9-14(12)13)26-16-7-15(21)18(8-17(16)30-20(26)27)32(28,29)25-19-23-10-24-31-19/h2-4,7-8,10-11,22H,5-6,9H2,1H3,(H,23,24,25). The fourth-order valence-corrected chi connectivity index (χ4v) is 6.27. The molecule has 0 aliphatic carbocycles. The van der Waals surface area contributed by atoms with Gasteiger partial charge in [-0.25, -0.2) is 18.2 Å². The van der Waals surface area contributed by atoms with Crippen molar-refractivity contribution in [3.05, 3.63) is 68.9 Å². The molecule has 9 nitrogen and oxygen atoms in total. The van der Waals surface area contributed by atoms with E-state index in [1.165, 1.54) is 34.2 Å². The van der Waals surface area contributed by atoms with Crippen LogP contribution in [0, 0.1) is 0 Å². The molecule has 1 aliphatic rings. The SMILES string of the molecule is CC(c1cccc2c1CNCC2)n1c(=O)oc2cc(S(=O)(=O)Nc3ncns3)c(Cl)cc21. The molecule has 2 N–H and O–H groups in total. The van der Waals surface area contributed by atoms with Crippen molar-refractivity contribution < 1.29 is 12.8 Å². The molecule has 166 valence electrons. The van der Waals surface area contributed by atoms with Crippen LogP contribution < -0.4 is 15.8 Å². The van der Waals surface area contributed by atoms with E-state index in [2.05, 4.69) is 25.5 Å². The number of anilines is 1. The molecule has 3 heterocycles. The van der Waals surface area contributed by atoms with Crippen molar-refractivity contribution in [2.75, 3.05) is 11.3 Å². The van der Waals surface area contributed by atoms with Crippen molar-refractivity contribution in [2.45, 2.75) is 30.8 Å². The average molecular weight is 492 g/mol. The van der Waals surface area contributed by atoms with Crippen LogP contribution in [0.25, 0.3) is 11.1 Å². The zero-order valence-corrected chi connectivity index (χ0v) is 19.2. The number of rotatable bonds is 5. The number of benzene rings is 2. The zero-order chi connectivity index (χ0) is 22.5. The van der Waals surface area contributed by atoms with Gasteiger partial charge in [0.1, 0.15) is 11.2 Å². The van der Waals surface area contributed by atoms with Crippen molar-refractivity contribution in [2.24, 2.45) is 0 Å². The minimum Gasteiger partial charge on any atom is -0.408 e. The van der Waals surface area contributed by atoms with Gasteiger partial charge in [-0.2, -0.15) is 4.37 Å². The number of halogens is 1. The van der Waals surface area contributed by atoms with Gasteiger partial charge in [0.05, 0.1) is 16.6 Å². The van der Waals surface area contributed by atoms with E-state index in [-0.39, 0.29) is 26.7 Å². The number of hydrogen-bond donors (Lipinski definition) is 2. The molecule has 0 saturated carbocycles. The normalized spacial score (nSPS) is 14.9. The van der Waals surface area contributed by atoms with Crippen LogP contribution in [0.15, 0.2) is 50.8 Å². The quantitative estimate of drug-likeness (QED) is 0.440. The summed E-state index contributed by atoms with van der Waals surface area (Å²) in [6, 6.07) is 8.45. The molecule has 1 atom stereocenters. The van der Waals surface area contributed by atoms with Crippen molar-refractivity contribution >= 4 is 49.4 Å². The van der Waals surface area contributed by atoms with E-state index in [1.54, 1.807) is 0 Å². The van der Waals surface area contributed by atoms with E-state index >= 15 is 0 Å². The van der Waals surface area contributed by atoms with Gasteiger partial charge in [0.2, 0.25) is 5.13 Å². The Balaban J connectivity index is 1.60. The minimum absolute atomic E-state index is 0.0342. The van der Waals surface area contributed by atoms with Crippen LogP contribution in [0.4, 0.5) is 5.13 Å². The van der Waals surface area contributed by atoms with E-state index in [1.807, 2.05) is 19.1 Å². The number of nitrogens with one attached hydrogen (secondary N) is 2. The molecule has 0 radical (unpaired) electrons. The van der Waals surface area contributed by atoms with Crippen LogP contribution in [0.3, 0.4) is 0 Å². The van der Waals surface area contributed by atoms with Gasteiger partial charge in [0.15, 0.2) is 5.58 Å². The van der Waals surface area contributed by atoms with Gasteiger partial charge in [-0.15, -0.1) is 0 Å². The molecule has 0 saturated heterocycles. The largest absolute Gasteiger partial charge is 0.420 e. The lowest BCUT2D eigenvalue weighted by atomic mass is 9.92. The Bertz CT molecular complexity index is 1480. The first-order chi connectivity index (χ1) is 15.3. The summed E-state index contributed by atoms with van der Waals surface area (Å²) < 4.78 is 38.6. The Labute approximate surface area is 192 Å². The third kappa shape index (κ3) is 3.60. The fourth-order valence-electron chi connectivity index (χ4n) is 4.07. The van der Waals surface area contributed by atoms with Gasteiger partial charge in [-0.3, -0.25) is 9.29 Å². The number of hydrogen-bond acceptors (Lipinski definition) is 8. The molecule has 2 aromatic carbocycles. The summed E-state index contributed by atoms with van der Waals surface area (Å²) >= 11 is 7.25. The first kappa shape index (κ1) is 21.1. The highest BCUT2D eigenvalue weighted by Crippen LogP contribution is 2.32. The monoisotopic (exact) mass is 491 g/mol. The van der Waals surface area contributed by atoms with E-state index in [9.17, 15) is 13.2 Å². The van der Waals surface area contributed by atoms with Crippen LogP contribution in [-0.2, 0) is 23.0 Å². The minimum atomic E-state index is -4.05. The van der Waals surface area contributed by atoms with Crippen LogP contribution in [0.1, 0.15) is 29.7 Å². The van der Waals surface area contributed by atoms with Crippen LogP contribution in [0.2, 0.25) is 5.02 Å². The lowest BCUT2D eigenvalue weighted by Gasteiger charge is -2.24. The van der Waals surface area contributed by atoms with Crippen LogP contribution in [-0.4, -0.2) is 28.9 Å². The molecule has 1 aliphatic heterocycles. The van der Waals surface area contributed by atoms with Gasteiger partial charge < -0.3 is 9.73 Å². The molecule has 0 fully saturated rings. The number of aromatic nitrogens is 3. The molecular weight excluding hydrogens is 474 g/mol.